The van der Waals surface area contributed by atoms with Crippen molar-refractivity contribution in [2.75, 3.05) is 0 Å². The van der Waals surface area contributed by atoms with E-state index in [1.54, 1.807) is 16.3 Å². The molecule has 2 aliphatic rings. The second-order valence-electron chi connectivity index (χ2n) is 8.59. The molecule has 0 bridgehead atoms. The molecule has 1 unspecified atom stereocenters. The third-order valence-corrected chi connectivity index (χ3v) is 12.2. The Labute approximate surface area is 230 Å². The molecule has 34 heavy (non-hydrogen) atoms. The van der Waals surface area contributed by atoms with Gasteiger partial charge in [-0.15, -0.1) is 0 Å². The van der Waals surface area contributed by atoms with Crippen molar-refractivity contribution in [3.8, 4) is 11.1 Å². The van der Waals surface area contributed by atoms with E-state index in [0.29, 0.717) is 3.67 Å². The fourth-order valence-corrected chi connectivity index (χ4v) is 10.6. The Morgan fingerprint density at radius 1 is 0.676 bits per heavy atom. The van der Waals surface area contributed by atoms with Crippen LogP contribution < -0.4 is 40.4 Å². The van der Waals surface area contributed by atoms with Crippen LogP contribution >= 0.6 is 0 Å². The molecule has 0 heterocycles. The first-order valence-electron chi connectivity index (χ1n) is 11.3. The van der Waals surface area contributed by atoms with Gasteiger partial charge in [0.1, 0.15) is 0 Å². The van der Waals surface area contributed by atoms with Crippen molar-refractivity contribution in [3.05, 3.63) is 132 Å². The molecule has 0 radical (unpaired) electrons. The molecule has 165 valence electrons. The van der Waals surface area contributed by atoms with Crippen LogP contribution in [0, 0.1) is 0 Å². The minimum atomic E-state index is -1.62. The molecule has 4 aromatic carbocycles. The Morgan fingerprint density at radius 2 is 1.29 bits per heavy atom. The first-order chi connectivity index (χ1) is 15.8. The number of benzene rings is 4. The molecule has 0 aliphatic heterocycles. The summed E-state index contributed by atoms with van der Waals surface area (Å²) in [7, 11) is -1.62. The zero-order valence-corrected chi connectivity index (χ0v) is 24.8. The summed E-state index contributed by atoms with van der Waals surface area (Å²) in [6.45, 7) is 0. The van der Waals surface area contributed by atoms with Crippen LogP contribution in [0.25, 0.3) is 16.7 Å². The molecule has 6 rings (SSSR count). The van der Waals surface area contributed by atoms with Gasteiger partial charge in [0, 0.05) is 0 Å². The van der Waals surface area contributed by atoms with Gasteiger partial charge in [0.15, 0.2) is 0 Å². The van der Waals surface area contributed by atoms with E-state index in [-0.39, 0.29) is 24.8 Å². The van der Waals surface area contributed by atoms with Gasteiger partial charge < -0.3 is 24.8 Å². The van der Waals surface area contributed by atoms with Gasteiger partial charge in [-0.25, -0.2) is 0 Å². The quantitative estimate of drug-likeness (QED) is 0.193. The van der Waals surface area contributed by atoms with E-state index in [2.05, 4.69) is 115 Å². The van der Waals surface area contributed by atoms with Gasteiger partial charge in [0.2, 0.25) is 0 Å². The van der Waals surface area contributed by atoms with Gasteiger partial charge >= 0.3 is 208 Å². The molecular weight excluding hydrogens is 638 g/mol. The molecule has 0 saturated carbocycles. The van der Waals surface area contributed by atoms with E-state index in [4.69, 9.17) is 0 Å². The molecule has 0 spiro atoms. The second kappa shape index (κ2) is 10.7. The molecular formula is C30H23Cl2HfSi. The Hall–Kier alpha value is -1.97. The molecule has 0 nitrogen and oxygen atoms in total. The van der Waals surface area contributed by atoms with Crippen molar-refractivity contribution in [2.45, 2.75) is 10.1 Å². The SMILES string of the molecule is [Cl-].[Cl-].[Hf+2][CH]1c2ccccc2-c2ccc([SiH](c3ccccc3)c3ccccc3)c(C3=CC=CC3)c21. The summed E-state index contributed by atoms with van der Waals surface area (Å²) in [4.78, 5) is 0. The first kappa shape index (κ1) is 25.1. The summed E-state index contributed by atoms with van der Waals surface area (Å²) in [5, 5.41) is 4.56. The third kappa shape index (κ3) is 4.26. The van der Waals surface area contributed by atoms with E-state index < -0.39 is 8.80 Å². The third-order valence-electron chi connectivity index (χ3n) is 6.80. The van der Waals surface area contributed by atoms with E-state index in [0.717, 1.165) is 30.8 Å². The molecule has 4 heteroatoms. The van der Waals surface area contributed by atoms with Crippen LogP contribution in [-0.2, 0) is 24.4 Å². The van der Waals surface area contributed by atoms with Crippen LogP contribution in [0.4, 0.5) is 0 Å². The summed E-state index contributed by atoms with van der Waals surface area (Å²) in [5.41, 5.74) is 9.06. The Balaban J connectivity index is 0.00000137. The molecule has 0 fully saturated rings. The van der Waals surface area contributed by atoms with Crippen LogP contribution in [-0.4, -0.2) is 8.80 Å². The fourth-order valence-electron chi connectivity index (χ4n) is 5.39. The van der Waals surface area contributed by atoms with Gasteiger partial charge in [-0.3, -0.25) is 0 Å². The maximum absolute atomic E-state index is 2.47. The average Bonchev–Trinajstić information content (AvgIpc) is 3.48. The van der Waals surface area contributed by atoms with Crippen molar-refractivity contribution in [1.82, 2.24) is 0 Å². The van der Waals surface area contributed by atoms with Crippen LogP contribution in [0.2, 0.25) is 0 Å². The number of halogens is 2. The summed E-state index contributed by atoms with van der Waals surface area (Å²) >= 11 is 1.13. The summed E-state index contributed by atoms with van der Waals surface area (Å²) in [6, 6.07) is 36.4. The summed E-state index contributed by atoms with van der Waals surface area (Å²) in [5.74, 6) is 0. The second-order valence-corrected chi connectivity index (χ2v) is 13.5. The van der Waals surface area contributed by atoms with Gasteiger partial charge in [0.25, 0.3) is 0 Å². The number of hydrogen-bond donors (Lipinski definition) is 0. The van der Waals surface area contributed by atoms with Crippen LogP contribution in [0.3, 0.4) is 0 Å². The number of rotatable bonds is 4. The van der Waals surface area contributed by atoms with Crippen molar-refractivity contribution >= 4 is 29.9 Å². The van der Waals surface area contributed by atoms with Crippen molar-refractivity contribution in [3.63, 3.8) is 0 Å². The van der Waals surface area contributed by atoms with Crippen molar-refractivity contribution < 1.29 is 49.2 Å². The Bertz CT molecular complexity index is 1320. The molecule has 0 aromatic heterocycles. The van der Waals surface area contributed by atoms with Crippen molar-refractivity contribution in [2.24, 2.45) is 0 Å². The molecule has 4 aromatic rings. The van der Waals surface area contributed by atoms with E-state index in [1.165, 1.54) is 32.6 Å². The van der Waals surface area contributed by atoms with Crippen molar-refractivity contribution in [1.29, 1.82) is 0 Å². The molecule has 0 amide bonds. The van der Waals surface area contributed by atoms with Crippen LogP contribution in [0.15, 0.2) is 115 Å². The standard InChI is InChI=1S/C30H23Si.2ClH.Hf/c1-3-14-24(15-4-1)31(25-16-5-2-6-17-25)29-20-19-27-26-18-10-9-13-23(26)21-28(27)30(29)22-11-7-8-12-22;;;/h1-11,13-21,31H,12H2;2*1H;/q;;;+2/p-2. The van der Waals surface area contributed by atoms with Gasteiger partial charge in [-0.1, -0.05) is 0 Å². The Morgan fingerprint density at radius 3 is 1.91 bits per heavy atom. The molecule has 1 atom stereocenters. The Kier molecular flexibility index (Phi) is 7.94. The fraction of sp³-hybridized carbons (Fsp3) is 0.0667. The monoisotopic (exact) mass is 661 g/mol. The summed E-state index contributed by atoms with van der Waals surface area (Å²) in [6.07, 6.45) is 7.95. The first-order valence-corrected chi connectivity index (χ1v) is 15.1. The van der Waals surface area contributed by atoms with E-state index in [9.17, 15) is 0 Å². The molecule has 0 saturated heterocycles. The van der Waals surface area contributed by atoms with Crippen LogP contribution in [0.5, 0.6) is 0 Å². The normalized spacial score (nSPS) is 15.3. The van der Waals surface area contributed by atoms with E-state index >= 15 is 0 Å². The van der Waals surface area contributed by atoms with Crippen LogP contribution in [0.1, 0.15) is 26.8 Å². The zero-order chi connectivity index (χ0) is 21.5. The zero-order valence-electron chi connectivity index (χ0n) is 18.6. The number of fused-ring (bicyclic) bond motifs is 3. The average molecular weight is 661 g/mol. The van der Waals surface area contributed by atoms with Gasteiger partial charge in [0.05, 0.1) is 0 Å². The molecule has 2 aliphatic carbocycles. The summed E-state index contributed by atoms with van der Waals surface area (Å²) < 4.78 is 0.554. The van der Waals surface area contributed by atoms with E-state index in [1.807, 2.05) is 0 Å². The predicted molar refractivity (Wildman–Crippen MR) is 134 cm³/mol. The minimum absolute atomic E-state index is 0. The number of allylic oxidation sites excluding steroid dienone is 4. The van der Waals surface area contributed by atoms with Gasteiger partial charge in [-0.05, 0) is 0 Å². The topological polar surface area (TPSA) is 0 Å². The van der Waals surface area contributed by atoms with Gasteiger partial charge in [-0.2, -0.15) is 0 Å². The molecule has 0 N–H and O–H groups in total. The number of hydrogen-bond acceptors (Lipinski definition) is 0. The predicted octanol–water partition coefficient (Wildman–Crippen LogP) is -1.10. The maximum atomic E-state index is 2.47.